The predicted molar refractivity (Wildman–Crippen MR) is 100 cm³/mol. The number of nitrogens with zero attached hydrogens (tertiary/aromatic N) is 2. The van der Waals surface area contributed by atoms with Crippen LogP contribution in [0.15, 0.2) is 52.5 Å². The minimum Gasteiger partial charge on any atom is -0.326 e. The lowest BCUT2D eigenvalue weighted by Crippen LogP contribution is -2.24. The molecule has 2 aromatic carbocycles. The fraction of sp³-hybridized carbons (Fsp3) is 0.222. The van der Waals surface area contributed by atoms with Gasteiger partial charge in [-0.1, -0.05) is 11.6 Å². The predicted octanol–water partition coefficient (Wildman–Crippen LogP) is 4.24. The summed E-state index contributed by atoms with van der Waals surface area (Å²) in [5.41, 5.74) is 4.09. The lowest BCUT2D eigenvalue weighted by atomic mass is 9.98. The summed E-state index contributed by atoms with van der Waals surface area (Å²) in [6, 6.07) is 13.8. The van der Waals surface area contributed by atoms with Crippen molar-refractivity contribution in [2.24, 2.45) is 11.0 Å². The van der Waals surface area contributed by atoms with E-state index in [9.17, 15) is 4.79 Å². The van der Waals surface area contributed by atoms with Gasteiger partial charge in [0, 0.05) is 39.8 Å². The van der Waals surface area contributed by atoms with Crippen molar-refractivity contribution in [1.82, 2.24) is 0 Å². The third kappa shape index (κ3) is 2.89. The van der Waals surface area contributed by atoms with Crippen LogP contribution in [-0.2, 0) is 4.79 Å². The number of anilines is 2. The second kappa shape index (κ2) is 6.15. The summed E-state index contributed by atoms with van der Waals surface area (Å²) in [6.45, 7) is 2.39. The first-order valence-corrected chi connectivity index (χ1v) is 9.13. The van der Waals surface area contributed by atoms with Gasteiger partial charge in [0.25, 0.3) is 0 Å². The highest BCUT2D eigenvalue weighted by Gasteiger charge is 2.33. The number of rotatable bonds is 2. The zero-order valence-electron chi connectivity index (χ0n) is 13.1. The van der Waals surface area contributed by atoms with Crippen molar-refractivity contribution >= 4 is 46.4 Å². The molecule has 4 rings (SSSR count). The highest BCUT2D eigenvalue weighted by Crippen LogP contribution is 2.39. The van der Waals surface area contributed by atoms with Gasteiger partial charge in [-0.3, -0.25) is 9.80 Å². The lowest BCUT2D eigenvalue weighted by Gasteiger charge is -2.22. The van der Waals surface area contributed by atoms with Crippen LogP contribution in [0, 0.1) is 5.92 Å². The van der Waals surface area contributed by atoms with Crippen LogP contribution in [0.3, 0.4) is 0 Å². The molecular weight excluding hydrogens is 342 g/mol. The number of hydrogen-bond acceptors (Lipinski definition) is 4. The molecule has 2 aromatic rings. The molecule has 1 amide bonds. The van der Waals surface area contributed by atoms with Crippen LogP contribution in [0.5, 0.6) is 0 Å². The number of hydrogen-bond donors (Lipinski definition) is 1. The number of fused-ring (bicyclic) bond motifs is 3. The molecule has 0 aromatic heterocycles. The Morgan fingerprint density at radius 1 is 1.29 bits per heavy atom. The van der Waals surface area contributed by atoms with Gasteiger partial charge in [-0.2, -0.15) is 5.10 Å². The third-order valence-electron chi connectivity index (χ3n) is 4.15. The quantitative estimate of drug-likeness (QED) is 0.874. The Kier molecular flexibility index (Phi) is 3.98. The minimum atomic E-state index is -0.0638. The van der Waals surface area contributed by atoms with Gasteiger partial charge in [-0.05, 0) is 42.5 Å². The number of hydrazone groups is 1. The van der Waals surface area contributed by atoms with E-state index in [0.717, 1.165) is 40.0 Å². The maximum atomic E-state index is 11.3. The van der Waals surface area contributed by atoms with Crippen LogP contribution < -0.4 is 10.3 Å². The maximum absolute atomic E-state index is 11.3. The first-order valence-electron chi connectivity index (χ1n) is 7.76. The average molecular weight is 358 g/mol. The van der Waals surface area contributed by atoms with E-state index in [1.54, 1.807) is 0 Å². The van der Waals surface area contributed by atoms with Gasteiger partial charge in [0.05, 0.1) is 17.9 Å². The fourth-order valence-corrected chi connectivity index (χ4v) is 4.31. The number of carbonyl (C=O) groups is 1. The van der Waals surface area contributed by atoms with Crippen molar-refractivity contribution < 1.29 is 4.79 Å². The number of benzene rings is 2. The van der Waals surface area contributed by atoms with E-state index in [4.69, 9.17) is 16.7 Å². The van der Waals surface area contributed by atoms with Gasteiger partial charge >= 0.3 is 0 Å². The van der Waals surface area contributed by atoms with Gasteiger partial charge in [0.2, 0.25) is 5.91 Å². The van der Waals surface area contributed by atoms with Gasteiger partial charge in [-0.25, -0.2) is 0 Å². The minimum absolute atomic E-state index is 0.0638. The molecule has 2 aliphatic heterocycles. The van der Waals surface area contributed by atoms with E-state index in [1.165, 1.54) is 11.8 Å². The molecule has 122 valence electrons. The van der Waals surface area contributed by atoms with E-state index >= 15 is 0 Å². The Balaban J connectivity index is 1.69. The Morgan fingerprint density at radius 3 is 2.83 bits per heavy atom. The molecule has 1 unspecified atom stereocenters. The fourth-order valence-electron chi connectivity index (χ4n) is 3.06. The van der Waals surface area contributed by atoms with Crippen molar-refractivity contribution in [1.29, 1.82) is 0 Å². The molecule has 4 nitrogen and oxygen atoms in total. The van der Waals surface area contributed by atoms with E-state index in [1.807, 2.05) is 53.2 Å². The second-order valence-electron chi connectivity index (χ2n) is 5.94. The van der Waals surface area contributed by atoms with Crippen molar-refractivity contribution in [2.75, 3.05) is 22.6 Å². The third-order valence-corrected chi connectivity index (χ3v) is 5.64. The van der Waals surface area contributed by atoms with Crippen molar-refractivity contribution in [3.05, 3.63) is 53.1 Å². The van der Waals surface area contributed by atoms with Crippen LogP contribution in [-0.4, -0.2) is 23.9 Å². The van der Waals surface area contributed by atoms with Crippen LogP contribution in [0.1, 0.15) is 12.5 Å². The van der Waals surface area contributed by atoms with E-state index in [2.05, 4.69) is 11.4 Å². The molecular formula is C18H16ClN3OS. The molecule has 24 heavy (non-hydrogen) atoms. The van der Waals surface area contributed by atoms with Crippen molar-refractivity contribution in [3.8, 4) is 0 Å². The van der Waals surface area contributed by atoms with E-state index < -0.39 is 0 Å². The molecule has 2 heterocycles. The summed E-state index contributed by atoms with van der Waals surface area (Å²) in [7, 11) is 0. The number of nitrogens with one attached hydrogen (secondary N) is 1. The molecule has 0 saturated heterocycles. The Labute approximate surface area is 149 Å². The summed E-state index contributed by atoms with van der Waals surface area (Å²) < 4.78 is 0. The Bertz CT molecular complexity index is 835. The molecule has 0 spiro atoms. The summed E-state index contributed by atoms with van der Waals surface area (Å²) in [5, 5.41) is 10.5. The van der Waals surface area contributed by atoms with Crippen LogP contribution in [0.2, 0.25) is 5.02 Å². The SMILES string of the molecule is CC(=O)Nc1ccc2c(c1)C1=NN(c3ccc(Cl)cc3)CC1CS2. The Morgan fingerprint density at radius 2 is 2.08 bits per heavy atom. The highest BCUT2D eigenvalue weighted by atomic mass is 35.5. The number of halogens is 1. The number of amides is 1. The standard InChI is InChI=1S/C18H16ClN3OS/c1-11(23)20-14-4-7-17-16(8-14)18-12(10-24-17)9-22(21-18)15-5-2-13(19)3-6-15/h2-8,12H,9-10H2,1H3,(H,20,23). The molecule has 1 atom stereocenters. The maximum Gasteiger partial charge on any atom is 0.221 e. The van der Waals surface area contributed by atoms with E-state index in [0.29, 0.717) is 5.92 Å². The summed E-state index contributed by atoms with van der Waals surface area (Å²) in [4.78, 5) is 12.5. The lowest BCUT2D eigenvalue weighted by molar-refractivity contribution is -0.114. The van der Waals surface area contributed by atoms with Crippen molar-refractivity contribution in [2.45, 2.75) is 11.8 Å². The van der Waals surface area contributed by atoms with Gasteiger partial charge in [0.15, 0.2) is 0 Å². The molecule has 6 heteroatoms. The zero-order valence-corrected chi connectivity index (χ0v) is 14.7. The first kappa shape index (κ1) is 15.5. The second-order valence-corrected chi connectivity index (χ2v) is 7.44. The van der Waals surface area contributed by atoms with Gasteiger partial charge < -0.3 is 5.32 Å². The zero-order chi connectivity index (χ0) is 16.7. The van der Waals surface area contributed by atoms with Crippen LogP contribution in [0.25, 0.3) is 0 Å². The molecule has 0 aliphatic carbocycles. The smallest absolute Gasteiger partial charge is 0.221 e. The highest BCUT2D eigenvalue weighted by molar-refractivity contribution is 7.99. The summed E-state index contributed by atoms with van der Waals surface area (Å²) in [5.74, 6) is 1.35. The molecule has 0 fully saturated rings. The van der Waals surface area contributed by atoms with E-state index in [-0.39, 0.29) is 5.91 Å². The number of carbonyl (C=O) groups excluding carboxylic acids is 1. The largest absolute Gasteiger partial charge is 0.326 e. The molecule has 2 aliphatic rings. The molecule has 0 bridgehead atoms. The normalized spacial score (nSPS) is 18.7. The van der Waals surface area contributed by atoms with Crippen molar-refractivity contribution in [3.63, 3.8) is 0 Å². The van der Waals surface area contributed by atoms with Crippen LogP contribution >= 0.6 is 23.4 Å². The molecule has 0 radical (unpaired) electrons. The van der Waals surface area contributed by atoms with Gasteiger partial charge in [0.1, 0.15) is 0 Å². The average Bonchev–Trinajstić information content (AvgIpc) is 2.99. The molecule has 1 N–H and O–H groups in total. The summed E-state index contributed by atoms with van der Waals surface area (Å²) >= 11 is 7.83. The van der Waals surface area contributed by atoms with Crippen LogP contribution in [0.4, 0.5) is 11.4 Å². The Hall–Kier alpha value is -1.98. The number of thioether (sulfide) groups is 1. The monoisotopic (exact) mass is 357 g/mol. The topological polar surface area (TPSA) is 44.7 Å². The summed E-state index contributed by atoms with van der Waals surface area (Å²) in [6.07, 6.45) is 0. The molecule has 0 saturated carbocycles. The first-order chi connectivity index (χ1) is 11.6. The van der Waals surface area contributed by atoms with Gasteiger partial charge in [-0.15, -0.1) is 11.8 Å².